The highest BCUT2D eigenvalue weighted by molar-refractivity contribution is 5.79. The molecule has 0 spiro atoms. The minimum absolute atomic E-state index is 0.178. The molecule has 0 N–H and O–H groups in total. The normalized spacial score (nSPS) is 20.3. The Balaban J connectivity index is 2.31. The highest BCUT2D eigenvalue weighted by Gasteiger charge is 2.29. The Bertz CT molecular complexity index is 307. The topological polar surface area (TPSA) is 46.6 Å². The summed E-state index contributed by atoms with van der Waals surface area (Å²) >= 11 is 0. The third kappa shape index (κ3) is 5.07. The summed E-state index contributed by atoms with van der Waals surface area (Å²) in [4.78, 5) is 25.1. The monoisotopic (exact) mass is 255 g/mol. The number of ether oxygens (including phenoxy) is 1. The fourth-order valence-corrected chi connectivity index (χ4v) is 2.29. The van der Waals surface area contributed by atoms with Crippen molar-refractivity contribution in [1.29, 1.82) is 0 Å². The van der Waals surface area contributed by atoms with E-state index in [2.05, 4.69) is 6.92 Å². The second-order valence-corrected chi connectivity index (χ2v) is 6.04. The molecule has 0 saturated carbocycles. The maximum Gasteiger partial charge on any atom is 0.308 e. The van der Waals surface area contributed by atoms with Gasteiger partial charge >= 0.3 is 5.97 Å². The quantitative estimate of drug-likeness (QED) is 0.708. The van der Waals surface area contributed by atoms with Crippen LogP contribution in [0.5, 0.6) is 0 Å². The van der Waals surface area contributed by atoms with Crippen molar-refractivity contribution in [2.75, 3.05) is 13.1 Å². The molecule has 1 unspecified atom stereocenters. The van der Waals surface area contributed by atoms with Gasteiger partial charge in [0.15, 0.2) is 0 Å². The molecular formula is C14H25NO3. The van der Waals surface area contributed by atoms with Crippen molar-refractivity contribution in [3.63, 3.8) is 0 Å². The maximum atomic E-state index is 11.7. The van der Waals surface area contributed by atoms with E-state index in [9.17, 15) is 9.59 Å². The van der Waals surface area contributed by atoms with Crippen LogP contribution in [-0.2, 0) is 14.3 Å². The number of amides is 1. The first-order valence-corrected chi connectivity index (χ1v) is 6.81. The molecular weight excluding hydrogens is 230 g/mol. The molecule has 4 heteroatoms. The van der Waals surface area contributed by atoms with E-state index in [-0.39, 0.29) is 11.9 Å². The van der Waals surface area contributed by atoms with Crippen molar-refractivity contribution in [1.82, 2.24) is 4.90 Å². The smallest absolute Gasteiger partial charge is 0.308 e. The van der Waals surface area contributed by atoms with Gasteiger partial charge in [0.05, 0.1) is 6.42 Å². The van der Waals surface area contributed by atoms with Gasteiger partial charge in [-0.1, -0.05) is 13.3 Å². The van der Waals surface area contributed by atoms with Crippen LogP contribution in [-0.4, -0.2) is 35.5 Å². The number of carbonyl (C=O) groups excluding carboxylic acids is 2. The summed E-state index contributed by atoms with van der Waals surface area (Å²) < 4.78 is 5.23. The predicted molar refractivity (Wildman–Crippen MR) is 70.1 cm³/mol. The highest BCUT2D eigenvalue weighted by atomic mass is 16.6. The van der Waals surface area contributed by atoms with Crippen LogP contribution in [0.4, 0.5) is 0 Å². The van der Waals surface area contributed by atoms with E-state index in [4.69, 9.17) is 4.74 Å². The minimum Gasteiger partial charge on any atom is -0.460 e. The van der Waals surface area contributed by atoms with Crippen LogP contribution < -0.4 is 0 Å². The van der Waals surface area contributed by atoms with Crippen molar-refractivity contribution in [2.45, 2.75) is 59.0 Å². The number of carbonyl (C=O) groups is 2. The number of esters is 1. The molecule has 1 fully saturated rings. The van der Waals surface area contributed by atoms with Crippen LogP contribution >= 0.6 is 0 Å². The molecule has 0 aliphatic carbocycles. The molecule has 1 heterocycles. The SMILES string of the molecule is CCCC1CC(=O)N(CCC(=O)OC(C)(C)C)C1. The van der Waals surface area contributed by atoms with E-state index in [1.807, 2.05) is 20.8 Å². The zero-order chi connectivity index (χ0) is 13.8. The van der Waals surface area contributed by atoms with Crippen molar-refractivity contribution < 1.29 is 14.3 Å². The summed E-state index contributed by atoms with van der Waals surface area (Å²) in [6.07, 6.45) is 3.14. The van der Waals surface area contributed by atoms with Crippen molar-refractivity contribution >= 4 is 11.9 Å². The Labute approximate surface area is 110 Å². The largest absolute Gasteiger partial charge is 0.460 e. The first-order chi connectivity index (χ1) is 8.31. The lowest BCUT2D eigenvalue weighted by Gasteiger charge is -2.21. The van der Waals surface area contributed by atoms with Crippen molar-refractivity contribution in [2.24, 2.45) is 5.92 Å². The molecule has 104 valence electrons. The van der Waals surface area contributed by atoms with Gasteiger partial charge in [-0.25, -0.2) is 0 Å². The zero-order valence-corrected chi connectivity index (χ0v) is 12.0. The fourth-order valence-electron chi connectivity index (χ4n) is 2.29. The van der Waals surface area contributed by atoms with Crippen LogP contribution in [0.15, 0.2) is 0 Å². The van der Waals surface area contributed by atoms with E-state index in [0.29, 0.717) is 25.3 Å². The third-order valence-corrected chi connectivity index (χ3v) is 3.00. The number of likely N-dealkylation sites (tertiary alicyclic amines) is 1. The van der Waals surface area contributed by atoms with E-state index in [0.717, 1.165) is 19.4 Å². The van der Waals surface area contributed by atoms with Crippen molar-refractivity contribution in [3.05, 3.63) is 0 Å². The van der Waals surface area contributed by atoms with E-state index in [1.54, 1.807) is 4.90 Å². The Morgan fingerprint density at radius 1 is 1.44 bits per heavy atom. The Morgan fingerprint density at radius 3 is 2.67 bits per heavy atom. The van der Waals surface area contributed by atoms with Gasteiger partial charge in [0.1, 0.15) is 5.60 Å². The van der Waals surface area contributed by atoms with Gasteiger partial charge in [0.25, 0.3) is 0 Å². The van der Waals surface area contributed by atoms with Gasteiger partial charge in [-0.2, -0.15) is 0 Å². The van der Waals surface area contributed by atoms with Gasteiger partial charge in [-0.3, -0.25) is 9.59 Å². The fraction of sp³-hybridized carbons (Fsp3) is 0.857. The molecule has 1 rings (SSSR count). The Hall–Kier alpha value is -1.06. The molecule has 1 atom stereocenters. The molecule has 0 radical (unpaired) electrons. The number of hydrogen-bond acceptors (Lipinski definition) is 3. The first-order valence-electron chi connectivity index (χ1n) is 6.81. The third-order valence-electron chi connectivity index (χ3n) is 3.00. The summed E-state index contributed by atoms with van der Waals surface area (Å²) in [5.41, 5.74) is -0.448. The summed E-state index contributed by atoms with van der Waals surface area (Å²) in [6, 6.07) is 0. The lowest BCUT2D eigenvalue weighted by molar-refractivity contribution is -0.155. The molecule has 1 saturated heterocycles. The van der Waals surface area contributed by atoms with Gasteiger partial charge < -0.3 is 9.64 Å². The molecule has 4 nitrogen and oxygen atoms in total. The van der Waals surface area contributed by atoms with Gasteiger partial charge in [0, 0.05) is 19.5 Å². The zero-order valence-electron chi connectivity index (χ0n) is 12.0. The molecule has 0 aromatic rings. The van der Waals surface area contributed by atoms with E-state index >= 15 is 0 Å². The van der Waals surface area contributed by atoms with Crippen LogP contribution in [0, 0.1) is 5.92 Å². The summed E-state index contributed by atoms with van der Waals surface area (Å²) in [6.45, 7) is 8.98. The van der Waals surface area contributed by atoms with Crippen LogP contribution in [0.25, 0.3) is 0 Å². The molecule has 1 aliphatic rings. The lowest BCUT2D eigenvalue weighted by atomic mass is 10.0. The molecule has 0 bridgehead atoms. The van der Waals surface area contributed by atoms with Crippen LogP contribution in [0.1, 0.15) is 53.4 Å². The molecule has 1 amide bonds. The number of nitrogens with zero attached hydrogens (tertiary/aromatic N) is 1. The lowest BCUT2D eigenvalue weighted by Crippen LogP contribution is -2.30. The summed E-state index contributed by atoms with van der Waals surface area (Å²) in [5.74, 6) is 0.424. The van der Waals surface area contributed by atoms with Gasteiger partial charge in [-0.05, 0) is 33.1 Å². The van der Waals surface area contributed by atoms with Gasteiger partial charge in [-0.15, -0.1) is 0 Å². The van der Waals surface area contributed by atoms with Crippen molar-refractivity contribution in [3.8, 4) is 0 Å². The summed E-state index contributed by atoms with van der Waals surface area (Å²) in [5, 5.41) is 0. The maximum absolute atomic E-state index is 11.7. The average Bonchev–Trinajstić information content (AvgIpc) is 2.54. The minimum atomic E-state index is -0.448. The molecule has 18 heavy (non-hydrogen) atoms. The Morgan fingerprint density at radius 2 is 2.11 bits per heavy atom. The van der Waals surface area contributed by atoms with E-state index in [1.165, 1.54) is 0 Å². The van der Waals surface area contributed by atoms with E-state index < -0.39 is 5.60 Å². The average molecular weight is 255 g/mol. The second kappa shape index (κ2) is 6.21. The molecule has 0 aromatic carbocycles. The van der Waals surface area contributed by atoms with Crippen LogP contribution in [0.3, 0.4) is 0 Å². The van der Waals surface area contributed by atoms with Gasteiger partial charge in [0.2, 0.25) is 5.91 Å². The van der Waals surface area contributed by atoms with Crippen LogP contribution in [0.2, 0.25) is 0 Å². The standard InChI is InChI=1S/C14H25NO3/c1-5-6-11-9-12(16)15(10-11)8-7-13(17)18-14(2,3)4/h11H,5-10H2,1-4H3. The second-order valence-electron chi connectivity index (χ2n) is 6.04. The first kappa shape index (κ1) is 15.0. The molecule has 1 aliphatic heterocycles. The Kier molecular flexibility index (Phi) is 5.17. The number of hydrogen-bond donors (Lipinski definition) is 0. The highest BCUT2D eigenvalue weighted by Crippen LogP contribution is 2.22. The molecule has 0 aromatic heterocycles. The predicted octanol–water partition coefficient (Wildman–Crippen LogP) is 2.37. The summed E-state index contributed by atoms with van der Waals surface area (Å²) in [7, 11) is 0. The number of rotatable bonds is 5.